The van der Waals surface area contributed by atoms with Gasteiger partial charge in [-0.2, -0.15) is 18.9 Å². The maximum absolute atomic E-state index is 12.5. The van der Waals surface area contributed by atoms with Gasteiger partial charge in [-0.3, -0.25) is 0 Å². The van der Waals surface area contributed by atoms with Crippen molar-refractivity contribution in [1.82, 2.24) is 5.73 Å². The second kappa shape index (κ2) is 4.47. The Morgan fingerprint density at radius 2 is 1.59 bits per heavy atom. The third-order valence-electron chi connectivity index (χ3n) is 3.17. The molecule has 1 aromatic rings. The van der Waals surface area contributed by atoms with Crippen LogP contribution in [0.15, 0.2) is 24.3 Å². The van der Waals surface area contributed by atoms with Crippen molar-refractivity contribution < 1.29 is 13.2 Å². The summed E-state index contributed by atoms with van der Waals surface area (Å²) in [5.74, 6) is -1.17. The minimum absolute atomic E-state index is 0.143. The van der Waals surface area contributed by atoms with E-state index in [1.165, 1.54) is 0 Å². The van der Waals surface area contributed by atoms with Gasteiger partial charge < -0.3 is 4.90 Å². The molecule has 1 saturated heterocycles. The van der Waals surface area contributed by atoms with Crippen molar-refractivity contribution >= 4 is 11.4 Å². The van der Waals surface area contributed by atoms with Gasteiger partial charge in [0.05, 0.1) is 11.6 Å². The summed E-state index contributed by atoms with van der Waals surface area (Å²) in [6.45, 7) is 0.823. The van der Waals surface area contributed by atoms with E-state index in [-0.39, 0.29) is 18.5 Å². The van der Waals surface area contributed by atoms with Crippen LogP contribution in [0.4, 0.5) is 24.5 Å². The van der Waals surface area contributed by atoms with Crippen LogP contribution in [0.2, 0.25) is 0 Å². The highest BCUT2D eigenvalue weighted by Gasteiger charge is 2.41. The molecule has 17 heavy (non-hydrogen) atoms. The maximum Gasteiger partial charge on any atom is 0.391 e. The normalized spacial score (nSPS) is 18.4. The van der Waals surface area contributed by atoms with Gasteiger partial charge in [-0.25, -0.2) is 0 Å². The van der Waals surface area contributed by atoms with Crippen LogP contribution >= 0.6 is 0 Å². The number of hydrogen-bond acceptors (Lipinski definition) is 1. The largest absolute Gasteiger partial charge is 0.391 e. The van der Waals surface area contributed by atoms with Crippen LogP contribution < -0.4 is 10.6 Å². The molecular weight excluding hydrogens is 229 g/mol. The van der Waals surface area contributed by atoms with Crippen LogP contribution in [-0.4, -0.2) is 19.3 Å². The Morgan fingerprint density at radius 3 is 2.06 bits per heavy atom. The summed E-state index contributed by atoms with van der Waals surface area (Å²) in [4.78, 5) is 1.92. The molecule has 1 aliphatic heterocycles. The van der Waals surface area contributed by atoms with Gasteiger partial charge in [0.25, 0.3) is 0 Å². The van der Waals surface area contributed by atoms with E-state index in [1.54, 1.807) is 24.3 Å². The van der Waals surface area contributed by atoms with Crippen LogP contribution in [0.3, 0.4) is 0 Å². The van der Waals surface area contributed by atoms with Gasteiger partial charge in [0.15, 0.2) is 0 Å². The summed E-state index contributed by atoms with van der Waals surface area (Å²) in [6, 6.07) is 6.54. The Bertz CT molecular complexity index is 364. The molecule has 0 aliphatic carbocycles. The first-order chi connectivity index (χ1) is 7.97. The zero-order valence-electron chi connectivity index (χ0n) is 9.24. The topological polar surface area (TPSA) is 25.5 Å². The monoisotopic (exact) mass is 242 g/mol. The molecule has 0 bridgehead atoms. The summed E-state index contributed by atoms with van der Waals surface area (Å²) in [5, 5.41) is 0. The van der Waals surface area contributed by atoms with Crippen LogP contribution in [0.5, 0.6) is 0 Å². The second-order valence-electron chi connectivity index (χ2n) is 4.32. The van der Waals surface area contributed by atoms with Crippen molar-refractivity contribution in [3.63, 3.8) is 0 Å². The molecular formula is C12H13F3N2. The van der Waals surface area contributed by atoms with E-state index in [0.717, 1.165) is 5.69 Å². The van der Waals surface area contributed by atoms with Gasteiger partial charge in [-0.05, 0) is 37.1 Å². The zero-order valence-corrected chi connectivity index (χ0v) is 9.24. The summed E-state index contributed by atoms with van der Waals surface area (Å²) < 4.78 is 37.4. The van der Waals surface area contributed by atoms with E-state index in [2.05, 4.69) is 0 Å². The highest BCUT2D eigenvalue weighted by molar-refractivity contribution is 5.52. The molecule has 0 spiro atoms. The van der Waals surface area contributed by atoms with E-state index >= 15 is 0 Å². The zero-order chi connectivity index (χ0) is 12.5. The summed E-state index contributed by atoms with van der Waals surface area (Å²) in [5.41, 5.74) is 10.2. The van der Waals surface area contributed by atoms with Gasteiger partial charge in [-0.1, -0.05) is 0 Å². The lowest BCUT2D eigenvalue weighted by molar-refractivity contribution is -0.179. The highest BCUT2D eigenvalue weighted by atomic mass is 19.4. The van der Waals surface area contributed by atoms with E-state index in [0.29, 0.717) is 13.1 Å². The molecule has 1 aromatic carbocycles. The minimum Gasteiger partial charge on any atom is -0.372 e. The van der Waals surface area contributed by atoms with Crippen molar-refractivity contribution in [3.8, 4) is 0 Å². The molecule has 2 radical (unpaired) electrons. The first-order valence-electron chi connectivity index (χ1n) is 5.57. The van der Waals surface area contributed by atoms with Gasteiger partial charge in [0.2, 0.25) is 0 Å². The van der Waals surface area contributed by atoms with Crippen LogP contribution in [0.25, 0.3) is 0 Å². The third-order valence-corrected chi connectivity index (χ3v) is 3.17. The standard InChI is InChI=1S/C12H13F3N2/c13-12(14,15)9-5-7-17(8-6-9)11-3-1-10(16)2-4-11/h1-4,9H,5-8H2. The van der Waals surface area contributed by atoms with Crippen molar-refractivity contribution in [2.45, 2.75) is 19.0 Å². The lowest BCUT2D eigenvalue weighted by Crippen LogP contribution is -2.38. The Labute approximate surface area is 98.2 Å². The molecule has 1 fully saturated rings. The average molecular weight is 242 g/mol. The fraction of sp³-hybridized carbons (Fsp3) is 0.500. The van der Waals surface area contributed by atoms with Crippen LogP contribution in [-0.2, 0) is 0 Å². The SMILES string of the molecule is [N]c1ccc(N2CCC(C(F)(F)F)CC2)cc1. The number of anilines is 1. The molecule has 0 amide bonds. The number of benzene rings is 1. The molecule has 0 aromatic heterocycles. The Morgan fingerprint density at radius 1 is 1.06 bits per heavy atom. The van der Waals surface area contributed by atoms with Gasteiger partial charge in [0, 0.05) is 18.8 Å². The molecule has 2 nitrogen and oxygen atoms in total. The summed E-state index contributed by atoms with van der Waals surface area (Å²) >= 11 is 0. The van der Waals surface area contributed by atoms with Crippen molar-refractivity contribution in [1.29, 1.82) is 0 Å². The highest BCUT2D eigenvalue weighted by Crippen LogP contribution is 2.35. The average Bonchev–Trinajstić information content (AvgIpc) is 2.29. The number of rotatable bonds is 1. The van der Waals surface area contributed by atoms with Gasteiger partial charge in [0.1, 0.15) is 0 Å². The number of nitrogens with zero attached hydrogens (tertiary/aromatic N) is 2. The summed E-state index contributed by atoms with van der Waals surface area (Å²) in [6.07, 6.45) is -3.78. The van der Waals surface area contributed by atoms with E-state index in [4.69, 9.17) is 5.73 Å². The fourth-order valence-corrected chi connectivity index (χ4v) is 2.13. The third kappa shape index (κ3) is 2.84. The van der Waals surface area contributed by atoms with E-state index < -0.39 is 12.1 Å². The predicted molar refractivity (Wildman–Crippen MR) is 59.2 cm³/mol. The maximum atomic E-state index is 12.5. The smallest absolute Gasteiger partial charge is 0.372 e. The molecule has 1 aliphatic rings. The molecule has 1 heterocycles. The molecule has 0 unspecified atom stereocenters. The molecule has 0 N–H and O–H groups in total. The lowest BCUT2D eigenvalue weighted by Gasteiger charge is -2.34. The quantitative estimate of drug-likeness (QED) is 0.742. The molecule has 0 atom stereocenters. The lowest BCUT2D eigenvalue weighted by atomic mass is 9.96. The number of halogens is 3. The van der Waals surface area contributed by atoms with Crippen molar-refractivity contribution in [2.24, 2.45) is 5.92 Å². The van der Waals surface area contributed by atoms with Crippen LogP contribution in [0.1, 0.15) is 12.8 Å². The van der Waals surface area contributed by atoms with Crippen molar-refractivity contribution in [3.05, 3.63) is 24.3 Å². The number of piperidine rings is 1. The molecule has 5 heteroatoms. The Hall–Kier alpha value is -1.39. The van der Waals surface area contributed by atoms with E-state index in [9.17, 15) is 13.2 Å². The van der Waals surface area contributed by atoms with Crippen molar-refractivity contribution in [2.75, 3.05) is 18.0 Å². The minimum atomic E-state index is -4.07. The first kappa shape index (κ1) is 12.1. The fourth-order valence-electron chi connectivity index (χ4n) is 2.13. The predicted octanol–water partition coefficient (Wildman–Crippen LogP) is 3.17. The van der Waals surface area contributed by atoms with E-state index in [1.807, 2.05) is 4.90 Å². The second-order valence-corrected chi connectivity index (χ2v) is 4.32. The molecule has 0 saturated carbocycles. The van der Waals surface area contributed by atoms with Gasteiger partial charge in [-0.15, -0.1) is 0 Å². The first-order valence-corrected chi connectivity index (χ1v) is 5.57. The van der Waals surface area contributed by atoms with Gasteiger partial charge >= 0.3 is 6.18 Å². The summed E-state index contributed by atoms with van der Waals surface area (Å²) in [7, 11) is 0. The molecule has 2 rings (SSSR count). The Kier molecular flexibility index (Phi) is 3.17. The Balaban J connectivity index is 1.97. The van der Waals surface area contributed by atoms with Crippen LogP contribution in [0, 0.1) is 5.92 Å². The number of hydrogen-bond donors (Lipinski definition) is 0. The molecule has 92 valence electrons. The number of alkyl halides is 3.